The number of hydrogen-bond donors (Lipinski definition) is 1. The predicted molar refractivity (Wildman–Crippen MR) is 95.4 cm³/mol. The monoisotopic (exact) mass is 362 g/mol. The van der Waals surface area contributed by atoms with Crippen LogP contribution in [0, 0.1) is 17.3 Å². The summed E-state index contributed by atoms with van der Waals surface area (Å²) in [4.78, 5) is 24.3. The van der Waals surface area contributed by atoms with Crippen LogP contribution in [-0.4, -0.2) is 41.8 Å². The Morgan fingerprint density at radius 2 is 2.19 bits per heavy atom. The smallest absolute Gasteiger partial charge is 0.148 e. The average molecular weight is 362 g/mol. The number of ketones is 1. The first-order chi connectivity index (χ1) is 12.5. The minimum Gasteiger partial charge on any atom is -0.389 e. The quantitative estimate of drug-likeness (QED) is 0.615. The molecule has 0 aromatic carbocycles. The van der Waals surface area contributed by atoms with E-state index in [4.69, 9.17) is 9.47 Å². The summed E-state index contributed by atoms with van der Waals surface area (Å²) < 4.78 is 11.5. The van der Waals surface area contributed by atoms with Crippen molar-refractivity contribution in [1.29, 1.82) is 0 Å². The molecule has 0 spiro atoms. The van der Waals surface area contributed by atoms with Gasteiger partial charge in [-0.15, -0.1) is 0 Å². The van der Waals surface area contributed by atoms with Crippen LogP contribution in [0.1, 0.15) is 64.7 Å². The topological polar surface area (TPSA) is 72.8 Å². The van der Waals surface area contributed by atoms with Crippen LogP contribution in [-0.2, 0) is 19.1 Å². The highest BCUT2D eigenvalue weighted by Gasteiger charge is 2.63. The van der Waals surface area contributed by atoms with Gasteiger partial charge in [0.25, 0.3) is 0 Å². The van der Waals surface area contributed by atoms with E-state index < -0.39 is 16.9 Å². The molecule has 5 atom stereocenters. The van der Waals surface area contributed by atoms with Crippen LogP contribution >= 0.6 is 0 Å². The molecule has 1 heterocycles. The van der Waals surface area contributed by atoms with Gasteiger partial charge in [-0.3, -0.25) is 4.79 Å². The van der Waals surface area contributed by atoms with E-state index in [1.165, 1.54) is 5.57 Å². The van der Waals surface area contributed by atoms with E-state index >= 15 is 0 Å². The number of carbonyl (C=O) groups excluding carboxylic acids is 2. The minimum absolute atomic E-state index is 0.147. The Bertz CT molecular complexity index is 628. The Hall–Kier alpha value is -1.04. The van der Waals surface area contributed by atoms with Crippen LogP contribution in [0.15, 0.2) is 11.6 Å². The number of aldehydes is 1. The van der Waals surface area contributed by atoms with E-state index in [9.17, 15) is 14.7 Å². The fourth-order valence-corrected chi connectivity index (χ4v) is 6.12. The lowest BCUT2D eigenvalue weighted by atomic mass is 9.57. The number of fused-ring (bicyclic) bond motifs is 2. The summed E-state index contributed by atoms with van der Waals surface area (Å²) in [7, 11) is 0. The van der Waals surface area contributed by atoms with E-state index in [1.54, 1.807) is 0 Å². The summed E-state index contributed by atoms with van der Waals surface area (Å²) >= 11 is 0. The van der Waals surface area contributed by atoms with Gasteiger partial charge in [0, 0.05) is 23.7 Å². The van der Waals surface area contributed by atoms with Crippen LogP contribution in [0.5, 0.6) is 0 Å². The highest BCUT2D eigenvalue weighted by molar-refractivity contribution is 5.84. The second kappa shape index (κ2) is 6.54. The van der Waals surface area contributed by atoms with Gasteiger partial charge in [-0.1, -0.05) is 13.0 Å². The van der Waals surface area contributed by atoms with Crippen LogP contribution in [0.3, 0.4) is 0 Å². The molecule has 3 fully saturated rings. The molecule has 2 saturated carbocycles. The van der Waals surface area contributed by atoms with E-state index in [-0.39, 0.29) is 17.3 Å². The molecule has 5 nitrogen and oxygen atoms in total. The van der Waals surface area contributed by atoms with Crippen molar-refractivity contribution in [2.75, 3.05) is 13.4 Å². The Morgan fingerprint density at radius 3 is 3.00 bits per heavy atom. The van der Waals surface area contributed by atoms with Crippen molar-refractivity contribution in [2.45, 2.75) is 75.9 Å². The first-order valence-electron chi connectivity index (χ1n) is 10.1. The van der Waals surface area contributed by atoms with Crippen LogP contribution in [0.4, 0.5) is 0 Å². The summed E-state index contributed by atoms with van der Waals surface area (Å²) in [6, 6.07) is 0. The number of aliphatic hydroxyl groups is 1. The molecule has 3 aliphatic carbocycles. The van der Waals surface area contributed by atoms with Gasteiger partial charge in [-0.05, 0) is 56.9 Å². The van der Waals surface area contributed by atoms with E-state index in [0.29, 0.717) is 45.5 Å². The summed E-state index contributed by atoms with van der Waals surface area (Å²) in [6.07, 6.45) is 9.97. The van der Waals surface area contributed by atoms with Crippen LogP contribution in [0.25, 0.3) is 0 Å². The molecule has 26 heavy (non-hydrogen) atoms. The van der Waals surface area contributed by atoms with Crippen molar-refractivity contribution in [1.82, 2.24) is 0 Å². The molecule has 0 aromatic rings. The lowest BCUT2D eigenvalue weighted by Crippen LogP contribution is -2.57. The molecule has 2 unspecified atom stereocenters. The largest absolute Gasteiger partial charge is 0.389 e. The molecular formula is C21H30O5. The molecular weight excluding hydrogens is 332 g/mol. The number of ether oxygens (including phenoxy) is 2. The number of rotatable bonds is 4. The standard InChI is InChI=1S/C21H30O5/c1-19-9-7-18(23)17(21(19,24)11-5-15(19)12-22)6-10-20-8-3-2-4-16(20)13-25-14-26-20/h4,12,15,17,24H,2-3,5-11,13-14H2,1H3/t15-,17?,19-,20?,21+/m1/s1. The SMILES string of the molecule is C[C@]12CCC(=O)C(CCC34CCCC=C3COCO4)[C@@]1(O)CC[C@@H]2C=O. The molecule has 0 aromatic heterocycles. The molecule has 5 heteroatoms. The first kappa shape index (κ1) is 18.3. The fourth-order valence-electron chi connectivity index (χ4n) is 6.12. The molecule has 144 valence electrons. The number of hydrogen-bond acceptors (Lipinski definition) is 5. The van der Waals surface area contributed by atoms with Gasteiger partial charge < -0.3 is 19.4 Å². The molecule has 4 aliphatic rings. The third-order valence-electron chi connectivity index (χ3n) is 7.94. The maximum absolute atomic E-state index is 12.8. The van der Waals surface area contributed by atoms with Crippen LogP contribution in [0.2, 0.25) is 0 Å². The predicted octanol–water partition coefficient (Wildman–Crippen LogP) is 2.95. The summed E-state index contributed by atoms with van der Waals surface area (Å²) in [6.45, 7) is 2.91. The maximum Gasteiger partial charge on any atom is 0.148 e. The summed E-state index contributed by atoms with van der Waals surface area (Å²) in [5.41, 5.74) is -0.671. The van der Waals surface area contributed by atoms with Crippen molar-refractivity contribution in [3.63, 3.8) is 0 Å². The van der Waals surface area contributed by atoms with E-state index in [0.717, 1.165) is 32.0 Å². The van der Waals surface area contributed by atoms with Gasteiger partial charge in [0.2, 0.25) is 0 Å². The molecule has 1 aliphatic heterocycles. The van der Waals surface area contributed by atoms with Crippen LogP contribution < -0.4 is 0 Å². The number of Topliss-reactive ketones (excluding diaryl/α,β-unsaturated/α-hetero) is 1. The summed E-state index contributed by atoms with van der Waals surface area (Å²) in [5.74, 6) is -0.387. The van der Waals surface area contributed by atoms with Gasteiger partial charge in [-0.25, -0.2) is 0 Å². The van der Waals surface area contributed by atoms with Crippen molar-refractivity contribution in [2.24, 2.45) is 17.3 Å². The number of carbonyl (C=O) groups is 2. The molecule has 0 amide bonds. The van der Waals surface area contributed by atoms with E-state index in [2.05, 4.69) is 6.08 Å². The second-order valence-electron chi connectivity index (χ2n) is 8.91. The molecule has 1 saturated heterocycles. The third-order valence-corrected chi connectivity index (χ3v) is 7.94. The lowest BCUT2D eigenvalue weighted by molar-refractivity contribution is -0.180. The van der Waals surface area contributed by atoms with Crippen molar-refractivity contribution in [3.05, 3.63) is 11.6 Å². The first-order valence-corrected chi connectivity index (χ1v) is 10.1. The van der Waals surface area contributed by atoms with Gasteiger partial charge in [0.1, 0.15) is 18.9 Å². The zero-order valence-electron chi connectivity index (χ0n) is 15.7. The van der Waals surface area contributed by atoms with Crippen molar-refractivity contribution in [3.8, 4) is 0 Å². The van der Waals surface area contributed by atoms with Gasteiger partial charge in [0.15, 0.2) is 0 Å². The molecule has 4 rings (SSSR count). The molecule has 1 N–H and O–H groups in total. The van der Waals surface area contributed by atoms with Gasteiger partial charge in [-0.2, -0.15) is 0 Å². The Kier molecular flexibility index (Phi) is 4.61. The zero-order chi connectivity index (χ0) is 18.4. The van der Waals surface area contributed by atoms with Crippen molar-refractivity contribution >= 4 is 12.1 Å². The van der Waals surface area contributed by atoms with Gasteiger partial charge >= 0.3 is 0 Å². The van der Waals surface area contributed by atoms with Crippen molar-refractivity contribution < 1.29 is 24.2 Å². The average Bonchev–Trinajstić information content (AvgIpc) is 2.92. The highest BCUT2D eigenvalue weighted by Crippen LogP contribution is 2.60. The Labute approximate surface area is 155 Å². The van der Waals surface area contributed by atoms with Gasteiger partial charge in [0.05, 0.1) is 17.8 Å². The zero-order valence-corrected chi connectivity index (χ0v) is 15.7. The summed E-state index contributed by atoms with van der Waals surface area (Å²) in [5, 5.41) is 11.6. The normalized spacial score (nSPS) is 45.6. The maximum atomic E-state index is 12.8. The molecule has 0 radical (unpaired) electrons. The Balaban J connectivity index is 1.57. The Morgan fingerprint density at radius 1 is 1.35 bits per heavy atom. The van der Waals surface area contributed by atoms with E-state index in [1.807, 2.05) is 6.92 Å². The second-order valence-corrected chi connectivity index (χ2v) is 8.91. The molecule has 0 bridgehead atoms. The fraction of sp³-hybridized carbons (Fsp3) is 0.810. The lowest BCUT2D eigenvalue weighted by Gasteiger charge is -2.51. The minimum atomic E-state index is -1.06. The number of allylic oxidation sites excluding steroid dienone is 1. The highest BCUT2D eigenvalue weighted by atomic mass is 16.7. The third kappa shape index (κ3) is 2.54.